The van der Waals surface area contributed by atoms with Gasteiger partial charge in [-0.3, -0.25) is 0 Å². The standard InChI is InChI=1S/C12H18BrFN2O2S2/c1-8(19-3)6-16-20(17,18)11-5-10(13)4-9(7-15-2)12(11)14/h4-5,8,15-16H,6-7H2,1-3H3. The molecule has 0 saturated heterocycles. The molecule has 0 aromatic heterocycles. The van der Waals surface area contributed by atoms with Gasteiger partial charge in [0.05, 0.1) is 0 Å². The predicted molar refractivity (Wildman–Crippen MR) is 85.0 cm³/mol. The molecule has 0 bridgehead atoms. The van der Waals surface area contributed by atoms with Crippen molar-refractivity contribution < 1.29 is 12.8 Å². The van der Waals surface area contributed by atoms with Crippen LogP contribution in [0.15, 0.2) is 21.5 Å². The number of sulfonamides is 1. The van der Waals surface area contributed by atoms with Crippen LogP contribution in [0.2, 0.25) is 0 Å². The molecule has 0 saturated carbocycles. The molecule has 114 valence electrons. The molecule has 0 aliphatic rings. The Morgan fingerprint density at radius 2 is 2.10 bits per heavy atom. The van der Waals surface area contributed by atoms with Gasteiger partial charge in [-0.05, 0) is 25.4 Å². The van der Waals surface area contributed by atoms with Gasteiger partial charge in [-0.25, -0.2) is 17.5 Å². The molecule has 1 aromatic carbocycles. The number of benzene rings is 1. The number of hydrogen-bond acceptors (Lipinski definition) is 4. The molecule has 1 aromatic rings. The number of nitrogens with one attached hydrogen (secondary N) is 2. The maximum Gasteiger partial charge on any atom is 0.243 e. The molecule has 8 heteroatoms. The van der Waals surface area contributed by atoms with Crippen molar-refractivity contribution in [2.45, 2.75) is 23.6 Å². The maximum atomic E-state index is 14.3. The molecule has 0 amide bonds. The lowest BCUT2D eigenvalue weighted by atomic mass is 10.2. The van der Waals surface area contributed by atoms with Crippen molar-refractivity contribution in [1.82, 2.24) is 10.0 Å². The number of halogens is 2. The van der Waals surface area contributed by atoms with Crippen molar-refractivity contribution in [3.63, 3.8) is 0 Å². The summed E-state index contributed by atoms with van der Waals surface area (Å²) in [6.45, 7) is 2.42. The molecule has 0 aliphatic carbocycles. The maximum absolute atomic E-state index is 14.3. The van der Waals surface area contributed by atoms with Gasteiger partial charge in [-0.1, -0.05) is 22.9 Å². The molecule has 0 aliphatic heterocycles. The Morgan fingerprint density at radius 1 is 1.45 bits per heavy atom. The van der Waals surface area contributed by atoms with E-state index in [-0.39, 0.29) is 23.2 Å². The Labute approximate surface area is 132 Å². The van der Waals surface area contributed by atoms with Gasteiger partial charge in [0.25, 0.3) is 0 Å². The minimum Gasteiger partial charge on any atom is -0.316 e. The van der Waals surface area contributed by atoms with Gasteiger partial charge in [0, 0.05) is 28.4 Å². The highest BCUT2D eigenvalue weighted by Gasteiger charge is 2.22. The largest absolute Gasteiger partial charge is 0.316 e. The van der Waals surface area contributed by atoms with E-state index >= 15 is 0 Å². The lowest BCUT2D eigenvalue weighted by Gasteiger charge is -2.13. The van der Waals surface area contributed by atoms with Crippen LogP contribution in [-0.4, -0.2) is 33.5 Å². The van der Waals surface area contributed by atoms with Crippen LogP contribution in [-0.2, 0) is 16.6 Å². The van der Waals surface area contributed by atoms with Gasteiger partial charge in [0.2, 0.25) is 10.0 Å². The molecule has 0 spiro atoms. The lowest BCUT2D eigenvalue weighted by Crippen LogP contribution is -2.30. The van der Waals surface area contributed by atoms with E-state index in [0.717, 1.165) is 0 Å². The lowest BCUT2D eigenvalue weighted by molar-refractivity contribution is 0.545. The SMILES string of the molecule is CNCc1cc(Br)cc(S(=O)(=O)NCC(C)SC)c1F. The van der Waals surface area contributed by atoms with Crippen LogP contribution >= 0.6 is 27.7 Å². The second-order valence-electron chi connectivity index (χ2n) is 4.31. The van der Waals surface area contributed by atoms with E-state index in [1.807, 2.05) is 13.2 Å². The number of hydrogen-bond donors (Lipinski definition) is 2. The third-order valence-electron chi connectivity index (χ3n) is 2.70. The van der Waals surface area contributed by atoms with Gasteiger partial charge < -0.3 is 5.32 Å². The Morgan fingerprint density at radius 3 is 2.65 bits per heavy atom. The van der Waals surface area contributed by atoms with Crippen molar-refractivity contribution >= 4 is 37.7 Å². The summed E-state index contributed by atoms with van der Waals surface area (Å²) in [5.41, 5.74) is 0.306. The number of rotatable bonds is 7. The van der Waals surface area contributed by atoms with E-state index in [9.17, 15) is 12.8 Å². The summed E-state index contributed by atoms with van der Waals surface area (Å²) < 4.78 is 41.6. The van der Waals surface area contributed by atoms with Crippen LogP contribution in [0, 0.1) is 5.82 Å². The van der Waals surface area contributed by atoms with Crippen LogP contribution < -0.4 is 10.0 Å². The van der Waals surface area contributed by atoms with Gasteiger partial charge in [-0.15, -0.1) is 0 Å². The summed E-state index contributed by atoms with van der Waals surface area (Å²) in [5.74, 6) is -0.716. The van der Waals surface area contributed by atoms with Gasteiger partial charge >= 0.3 is 0 Å². The summed E-state index contributed by atoms with van der Waals surface area (Å²) in [4.78, 5) is -0.328. The predicted octanol–water partition coefficient (Wildman–Crippen LogP) is 2.34. The first-order valence-electron chi connectivity index (χ1n) is 5.96. The van der Waals surface area contributed by atoms with Crippen molar-refractivity contribution in [2.75, 3.05) is 19.8 Å². The Hall–Kier alpha value is -0.150. The van der Waals surface area contributed by atoms with E-state index in [0.29, 0.717) is 10.0 Å². The molecule has 20 heavy (non-hydrogen) atoms. The molecule has 1 rings (SSSR count). The molecule has 0 fully saturated rings. The van der Waals surface area contributed by atoms with E-state index in [2.05, 4.69) is 26.0 Å². The second-order valence-corrected chi connectivity index (χ2v) is 8.23. The van der Waals surface area contributed by atoms with E-state index in [4.69, 9.17) is 0 Å². The highest BCUT2D eigenvalue weighted by atomic mass is 79.9. The summed E-state index contributed by atoms with van der Waals surface area (Å²) in [6.07, 6.45) is 1.89. The van der Waals surface area contributed by atoms with E-state index in [1.54, 1.807) is 13.1 Å². The highest BCUT2D eigenvalue weighted by molar-refractivity contribution is 9.10. The Kier molecular flexibility index (Phi) is 6.93. The average Bonchev–Trinajstić information content (AvgIpc) is 2.40. The van der Waals surface area contributed by atoms with E-state index in [1.165, 1.54) is 17.8 Å². The zero-order chi connectivity index (χ0) is 15.3. The zero-order valence-electron chi connectivity index (χ0n) is 11.5. The molecule has 0 heterocycles. The molecule has 4 nitrogen and oxygen atoms in total. The quantitative estimate of drug-likeness (QED) is 0.757. The normalized spacial score (nSPS) is 13.4. The van der Waals surface area contributed by atoms with Crippen molar-refractivity contribution in [2.24, 2.45) is 0 Å². The highest BCUT2D eigenvalue weighted by Crippen LogP contribution is 2.24. The average molecular weight is 385 g/mol. The monoisotopic (exact) mass is 384 g/mol. The molecular formula is C12H18BrFN2O2S2. The Bertz CT molecular complexity index is 567. The summed E-state index contributed by atoms with van der Waals surface area (Å²) in [5, 5.41) is 2.93. The summed E-state index contributed by atoms with van der Waals surface area (Å²) in [6, 6.07) is 2.84. The minimum absolute atomic E-state index is 0.122. The molecule has 2 N–H and O–H groups in total. The van der Waals surface area contributed by atoms with Crippen molar-refractivity contribution in [3.05, 3.63) is 28.0 Å². The van der Waals surface area contributed by atoms with Crippen LogP contribution in [0.1, 0.15) is 12.5 Å². The second kappa shape index (κ2) is 7.74. The van der Waals surface area contributed by atoms with Crippen LogP contribution in [0.5, 0.6) is 0 Å². The summed E-state index contributed by atoms with van der Waals surface area (Å²) >= 11 is 4.75. The zero-order valence-corrected chi connectivity index (χ0v) is 14.8. The van der Waals surface area contributed by atoms with E-state index < -0.39 is 15.8 Å². The molecule has 1 atom stereocenters. The first kappa shape index (κ1) is 17.9. The third kappa shape index (κ3) is 4.70. The number of thioether (sulfide) groups is 1. The minimum atomic E-state index is -3.86. The molecule has 1 unspecified atom stereocenters. The molecular weight excluding hydrogens is 367 g/mol. The fourth-order valence-corrected chi connectivity index (χ4v) is 3.81. The first-order valence-corrected chi connectivity index (χ1v) is 9.53. The van der Waals surface area contributed by atoms with Crippen molar-refractivity contribution in [3.8, 4) is 0 Å². The van der Waals surface area contributed by atoms with Crippen molar-refractivity contribution in [1.29, 1.82) is 0 Å². The molecule has 0 radical (unpaired) electrons. The van der Waals surface area contributed by atoms with Gasteiger partial charge in [0.15, 0.2) is 0 Å². The van der Waals surface area contributed by atoms with Gasteiger partial charge in [-0.2, -0.15) is 11.8 Å². The third-order valence-corrected chi connectivity index (χ3v) is 5.55. The Balaban J connectivity index is 3.11. The fourth-order valence-electron chi connectivity index (χ4n) is 1.52. The smallest absolute Gasteiger partial charge is 0.243 e. The fraction of sp³-hybridized carbons (Fsp3) is 0.500. The van der Waals surface area contributed by atoms with Crippen LogP contribution in [0.4, 0.5) is 4.39 Å². The van der Waals surface area contributed by atoms with Crippen LogP contribution in [0.3, 0.4) is 0 Å². The summed E-state index contributed by atoms with van der Waals surface area (Å²) in [7, 11) is -2.18. The van der Waals surface area contributed by atoms with Gasteiger partial charge in [0.1, 0.15) is 10.7 Å². The van der Waals surface area contributed by atoms with Crippen LogP contribution in [0.25, 0.3) is 0 Å². The first-order chi connectivity index (χ1) is 9.31. The topological polar surface area (TPSA) is 58.2 Å².